The van der Waals surface area contributed by atoms with Crippen LogP contribution in [0, 0.1) is 0 Å². The van der Waals surface area contributed by atoms with Crippen LogP contribution in [-0.2, 0) is 0 Å². The molecule has 1 N–H and O–H groups in total. The molecular formula is C23H16Cl2N2O4. The highest BCUT2D eigenvalue weighted by Gasteiger charge is 2.18. The zero-order valence-corrected chi connectivity index (χ0v) is 17.8. The van der Waals surface area contributed by atoms with Crippen LogP contribution in [0.15, 0.2) is 69.9 Å². The molecule has 0 aliphatic heterocycles. The smallest absolute Gasteiger partial charge is 0.347 e. The number of ether oxygens (including phenoxy) is 1. The van der Waals surface area contributed by atoms with Crippen molar-refractivity contribution in [2.45, 2.75) is 6.92 Å². The molecule has 156 valence electrons. The predicted octanol–water partition coefficient (Wildman–Crippen LogP) is 5.81. The van der Waals surface area contributed by atoms with Gasteiger partial charge in [-0.3, -0.25) is 4.79 Å². The highest BCUT2D eigenvalue weighted by atomic mass is 35.5. The number of halogens is 2. The minimum Gasteiger partial charge on any atom is -0.491 e. The number of carbonyl (C=O) groups is 1. The lowest BCUT2D eigenvalue weighted by Crippen LogP contribution is -2.14. The van der Waals surface area contributed by atoms with Crippen molar-refractivity contribution < 1.29 is 13.9 Å². The normalized spacial score (nSPS) is 10.8. The van der Waals surface area contributed by atoms with Crippen molar-refractivity contribution in [3.8, 4) is 17.2 Å². The molecule has 31 heavy (non-hydrogen) atoms. The fourth-order valence-corrected chi connectivity index (χ4v) is 3.64. The van der Waals surface area contributed by atoms with E-state index in [1.54, 1.807) is 55.5 Å². The van der Waals surface area contributed by atoms with Gasteiger partial charge in [-0.25, -0.2) is 9.78 Å². The number of nitrogens with zero attached hydrogens (tertiary/aromatic N) is 1. The molecule has 0 spiro atoms. The molecule has 1 heterocycles. The average molecular weight is 455 g/mol. The van der Waals surface area contributed by atoms with Gasteiger partial charge in [-0.1, -0.05) is 41.4 Å². The quantitative estimate of drug-likeness (QED) is 0.411. The number of fused-ring (bicyclic) bond motifs is 1. The molecule has 6 nitrogen and oxygen atoms in total. The molecule has 0 aliphatic carbocycles. The van der Waals surface area contributed by atoms with Crippen LogP contribution in [0.3, 0.4) is 0 Å². The molecule has 0 saturated carbocycles. The molecule has 4 rings (SSSR count). The molecule has 1 amide bonds. The van der Waals surface area contributed by atoms with Crippen LogP contribution in [0.1, 0.15) is 17.3 Å². The van der Waals surface area contributed by atoms with Crippen molar-refractivity contribution in [2.24, 2.45) is 0 Å². The lowest BCUT2D eigenvalue weighted by Gasteiger charge is -2.13. The number of hydrogen-bond acceptors (Lipinski definition) is 5. The predicted molar refractivity (Wildman–Crippen MR) is 121 cm³/mol. The first-order valence-corrected chi connectivity index (χ1v) is 10.2. The van der Waals surface area contributed by atoms with E-state index in [2.05, 4.69) is 10.3 Å². The SMILES string of the molecule is CCOc1c(Cl)cc(Cl)cc1C(=O)Nc1cccc(-c2nc3ccccc3c(=O)o2)c1. The zero-order valence-electron chi connectivity index (χ0n) is 16.3. The Hall–Kier alpha value is -3.35. The molecule has 8 heteroatoms. The highest BCUT2D eigenvalue weighted by Crippen LogP contribution is 2.33. The fraction of sp³-hybridized carbons (Fsp3) is 0.0870. The molecular weight excluding hydrogens is 439 g/mol. The Morgan fingerprint density at radius 1 is 1.10 bits per heavy atom. The molecule has 0 unspecified atom stereocenters. The van der Waals surface area contributed by atoms with Crippen molar-refractivity contribution in [2.75, 3.05) is 11.9 Å². The second-order valence-electron chi connectivity index (χ2n) is 6.56. The van der Waals surface area contributed by atoms with Gasteiger partial charge in [0, 0.05) is 16.3 Å². The monoisotopic (exact) mass is 454 g/mol. The summed E-state index contributed by atoms with van der Waals surface area (Å²) in [5.41, 5.74) is 1.26. The number of rotatable bonds is 5. The van der Waals surface area contributed by atoms with Gasteiger partial charge in [-0.2, -0.15) is 0 Å². The molecule has 0 bridgehead atoms. The van der Waals surface area contributed by atoms with Gasteiger partial charge in [0.2, 0.25) is 5.89 Å². The summed E-state index contributed by atoms with van der Waals surface area (Å²) < 4.78 is 10.9. The van der Waals surface area contributed by atoms with Crippen LogP contribution in [0.25, 0.3) is 22.4 Å². The van der Waals surface area contributed by atoms with E-state index in [4.69, 9.17) is 32.4 Å². The van der Waals surface area contributed by atoms with Gasteiger partial charge < -0.3 is 14.5 Å². The van der Waals surface area contributed by atoms with Crippen LogP contribution < -0.4 is 15.7 Å². The van der Waals surface area contributed by atoms with Gasteiger partial charge in [-0.05, 0) is 49.4 Å². The highest BCUT2D eigenvalue weighted by molar-refractivity contribution is 6.36. The Morgan fingerprint density at radius 3 is 2.71 bits per heavy atom. The van der Waals surface area contributed by atoms with E-state index in [-0.39, 0.29) is 22.2 Å². The van der Waals surface area contributed by atoms with Gasteiger partial charge in [0.05, 0.1) is 28.1 Å². The number of nitrogens with one attached hydrogen (secondary N) is 1. The van der Waals surface area contributed by atoms with Crippen LogP contribution in [0.5, 0.6) is 5.75 Å². The molecule has 0 radical (unpaired) electrons. The standard InChI is InChI=1S/C23H16Cl2N2O4/c1-2-30-20-17(11-14(24)12-18(20)25)21(28)26-15-7-5-6-13(10-15)22-27-19-9-4-3-8-16(19)23(29)31-22/h3-12H,2H2,1H3,(H,26,28). The summed E-state index contributed by atoms with van der Waals surface area (Å²) in [5.74, 6) is -0.0389. The third-order valence-corrected chi connectivity index (χ3v) is 4.94. The third-order valence-electron chi connectivity index (χ3n) is 4.44. The van der Waals surface area contributed by atoms with Gasteiger partial charge in [0.1, 0.15) is 0 Å². The van der Waals surface area contributed by atoms with E-state index in [0.717, 1.165) is 0 Å². The Labute approximate surface area is 187 Å². The Morgan fingerprint density at radius 2 is 1.90 bits per heavy atom. The van der Waals surface area contributed by atoms with E-state index < -0.39 is 11.5 Å². The lowest BCUT2D eigenvalue weighted by molar-refractivity contribution is 0.102. The summed E-state index contributed by atoms with van der Waals surface area (Å²) in [7, 11) is 0. The molecule has 0 saturated heterocycles. The van der Waals surface area contributed by atoms with Gasteiger partial charge in [-0.15, -0.1) is 0 Å². The Balaban J connectivity index is 1.67. The first-order chi connectivity index (χ1) is 15.0. The summed E-state index contributed by atoms with van der Waals surface area (Å²) in [6.07, 6.45) is 0. The van der Waals surface area contributed by atoms with Gasteiger partial charge >= 0.3 is 5.63 Å². The second kappa shape index (κ2) is 8.79. The number of para-hydroxylation sites is 1. The van der Waals surface area contributed by atoms with E-state index in [0.29, 0.717) is 33.8 Å². The number of carbonyl (C=O) groups excluding carboxylic acids is 1. The van der Waals surface area contributed by atoms with Crippen molar-refractivity contribution in [1.82, 2.24) is 4.98 Å². The van der Waals surface area contributed by atoms with Crippen molar-refractivity contribution in [3.05, 3.63) is 86.7 Å². The molecule has 1 aromatic heterocycles. The fourth-order valence-electron chi connectivity index (χ4n) is 3.09. The summed E-state index contributed by atoms with van der Waals surface area (Å²) >= 11 is 12.3. The summed E-state index contributed by atoms with van der Waals surface area (Å²) in [4.78, 5) is 29.6. The van der Waals surface area contributed by atoms with E-state index >= 15 is 0 Å². The van der Waals surface area contributed by atoms with Crippen molar-refractivity contribution in [1.29, 1.82) is 0 Å². The Kier molecular flexibility index (Phi) is 5.93. The third kappa shape index (κ3) is 4.40. The average Bonchev–Trinajstić information content (AvgIpc) is 2.75. The summed E-state index contributed by atoms with van der Waals surface area (Å²) in [6, 6.07) is 16.7. The number of aromatic nitrogens is 1. The van der Waals surface area contributed by atoms with Crippen LogP contribution in [-0.4, -0.2) is 17.5 Å². The lowest BCUT2D eigenvalue weighted by atomic mass is 10.1. The second-order valence-corrected chi connectivity index (χ2v) is 7.40. The van der Waals surface area contributed by atoms with Crippen molar-refractivity contribution >= 4 is 45.7 Å². The number of benzene rings is 3. The zero-order chi connectivity index (χ0) is 22.0. The van der Waals surface area contributed by atoms with Crippen LogP contribution >= 0.6 is 23.2 Å². The number of amides is 1. The van der Waals surface area contributed by atoms with Gasteiger partial charge in [0.25, 0.3) is 5.91 Å². The molecule has 0 fully saturated rings. The van der Waals surface area contributed by atoms with Crippen LogP contribution in [0.4, 0.5) is 5.69 Å². The first kappa shape index (κ1) is 20.9. The van der Waals surface area contributed by atoms with Gasteiger partial charge in [0.15, 0.2) is 5.75 Å². The minimum atomic E-state index is -0.482. The molecule has 3 aromatic carbocycles. The molecule has 0 aliphatic rings. The number of hydrogen-bond donors (Lipinski definition) is 1. The van der Waals surface area contributed by atoms with Crippen LogP contribution in [0.2, 0.25) is 10.0 Å². The minimum absolute atomic E-state index is 0.153. The Bertz CT molecular complexity index is 1350. The topological polar surface area (TPSA) is 81.4 Å². The van der Waals surface area contributed by atoms with E-state index in [9.17, 15) is 9.59 Å². The maximum Gasteiger partial charge on any atom is 0.347 e. The van der Waals surface area contributed by atoms with E-state index in [1.165, 1.54) is 12.1 Å². The molecule has 4 aromatic rings. The summed E-state index contributed by atoms with van der Waals surface area (Å²) in [5, 5.41) is 3.75. The molecule has 0 atom stereocenters. The maximum absolute atomic E-state index is 12.9. The summed E-state index contributed by atoms with van der Waals surface area (Å²) in [6.45, 7) is 2.13. The number of anilines is 1. The largest absolute Gasteiger partial charge is 0.491 e. The van der Waals surface area contributed by atoms with E-state index in [1.807, 2.05) is 0 Å². The maximum atomic E-state index is 12.9. The first-order valence-electron chi connectivity index (χ1n) is 9.39. The van der Waals surface area contributed by atoms with Crippen molar-refractivity contribution in [3.63, 3.8) is 0 Å².